The lowest BCUT2D eigenvalue weighted by Gasteiger charge is -2.17. The van der Waals surface area contributed by atoms with Gasteiger partial charge in [0.05, 0.1) is 12.7 Å². The molecule has 1 aromatic carbocycles. The molecule has 0 amide bonds. The first kappa shape index (κ1) is 12.7. The number of ether oxygens (including phenoxy) is 1. The fourth-order valence-corrected chi connectivity index (χ4v) is 1.51. The number of rotatable bonds is 3. The Hall–Kier alpha value is -1.38. The molecular weight excluding hydrogens is 207 g/mol. The summed E-state index contributed by atoms with van der Waals surface area (Å²) in [6.45, 7) is 5.91. The number of ketones is 1. The molecule has 0 aliphatic rings. The molecule has 2 nitrogen and oxygen atoms in total. The molecule has 0 atom stereocenters. The summed E-state index contributed by atoms with van der Waals surface area (Å²) in [6.07, 6.45) is 0.368. The molecule has 1 aromatic rings. The molecule has 0 bridgehead atoms. The minimum absolute atomic E-state index is 0.0387. The predicted octanol–water partition coefficient (Wildman–Crippen LogP) is 3.45. The fourth-order valence-electron chi connectivity index (χ4n) is 1.51. The molecule has 0 spiro atoms. The molecule has 3 heteroatoms. The third kappa shape index (κ3) is 3.05. The van der Waals surface area contributed by atoms with Crippen LogP contribution in [0.5, 0.6) is 5.75 Å². The van der Waals surface area contributed by atoms with Crippen LogP contribution < -0.4 is 4.74 Å². The van der Waals surface area contributed by atoms with E-state index in [0.717, 1.165) is 0 Å². The average Bonchev–Trinajstić information content (AvgIpc) is 2.14. The van der Waals surface area contributed by atoms with E-state index < -0.39 is 5.82 Å². The largest absolute Gasteiger partial charge is 0.493 e. The van der Waals surface area contributed by atoms with Crippen molar-refractivity contribution in [1.82, 2.24) is 0 Å². The number of carbonyl (C=O) groups excluding carboxylic acids is 1. The topological polar surface area (TPSA) is 26.3 Å². The van der Waals surface area contributed by atoms with Gasteiger partial charge in [0.2, 0.25) is 0 Å². The van der Waals surface area contributed by atoms with Crippen LogP contribution in [0.1, 0.15) is 37.6 Å². The van der Waals surface area contributed by atoms with E-state index in [-0.39, 0.29) is 16.9 Å². The first-order chi connectivity index (χ1) is 7.35. The number of carbonyl (C=O) groups is 1. The standard InChI is InChI=1S/C13H17FO2/c1-13(2,3)8-11(15)9-6-5-7-10(14)12(9)16-4/h5-7H,8H2,1-4H3. The Morgan fingerprint density at radius 3 is 2.50 bits per heavy atom. The molecule has 0 heterocycles. The number of halogens is 1. The van der Waals surface area contributed by atoms with Crippen LogP contribution in [-0.2, 0) is 0 Å². The van der Waals surface area contributed by atoms with Crippen molar-refractivity contribution in [3.8, 4) is 5.75 Å². The highest BCUT2D eigenvalue weighted by atomic mass is 19.1. The third-order valence-corrected chi connectivity index (χ3v) is 2.16. The zero-order valence-electron chi connectivity index (χ0n) is 10.1. The highest BCUT2D eigenvalue weighted by molar-refractivity contribution is 5.99. The van der Waals surface area contributed by atoms with Crippen LogP contribution in [0.15, 0.2) is 18.2 Å². The Balaban J connectivity index is 3.04. The first-order valence-electron chi connectivity index (χ1n) is 5.21. The smallest absolute Gasteiger partial charge is 0.167 e. The second kappa shape index (κ2) is 4.64. The van der Waals surface area contributed by atoms with Crippen LogP contribution in [0, 0.1) is 11.2 Å². The maximum Gasteiger partial charge on any atom is 0.167 e. The van der Waals surface area contributed by atoms with E-state index in [0.29, 0.717) is 12.0 Å². The van der Waals surface area contributed by atoms with Crippen LogP contribution in [0.25, 0.3) is 0 Å². The summed E-state index contributed by atoms with van der Waals surface area (Å²) in [5.74, 6) is -0.553. The summed E-state index contributed by atoms with van der Waals surface area (Å²) in [6, 6.07) is 4.40. The van der Waals surface area contributed by atoms with Crippen LogP contribution in [0.2, 0.25) is 0 Å². The number of Topliss-reactive ketones (excluding diaryl/α,β-unsaturated/α-hetero) is 1. The summed E-state index contributed by atoms with van der Waals surface area (Å²) in [7, 11) is 1.37. The third-order valence-electron chi connectivity index (χ3n) is 2.16. The molecular formula is C13H17FO2. The first-order valence-corrected chi connectivity index (χ1v) is 5.21. The lowest BCUT2D eigenvalue weighted by Crippen LogP contribution is -2.14. The quantitative estimate of drug-likeness (QED) is 0.735. The maximum atomic E-state index is 13.4. The van der Waals surface area contributed by atoms with Gasteiger partial charge in [0.25, 0.3) is 0 Å². The number of para-hydroxylation sites is 1. The van der Waals surface area contributed by atoms with Gasteiger partial charge in [0.1, 0.15) is 0 Å². The predicted molar refractivity (Wildman–Crippen MR) is 61.4 cm³/mol. The van der Waals surface area contributed by atoms with Gasteiger partial charge < -0.3 is 4.74 Å². The molecule has 0 fully saturated rings. The van der Waals surface area contributed by atoms with E-state index in [4.69, 9.17) is 4.74 Å². The van der Waals surface area contributed by atoms with E-state index in [1.807, 2.05) is 20.8 Å². The van der Waals surface area contributed by atoms with Crippen LogP contribution in [0.4, 0.5) is 4.39 Å². The van der Waals surface area contributed by atoms with Crippen molar-refractivity contribution < 1.29 is 13.9 Å². The highest BCUT2D eigenvalue weighted by Gasteiger charge is 2.21. The monoisotopic (exact) mass is 224 g/mol. The van der Waals surface area contributed by atoms with Gasteiger partial charge in [0.15, 0.2) is 17.3 Å². The Morgan fingerprint density at radius 1 is 1.38 bits per heavy atom. The molecule has 0 aliphatic carbocycles. The average molecular weight is 224 g/mol. The normalized spacial score (nSPS) is 11.3. The molecule has 0 radical (unpaired) electrons. The van der Waals surface area contributed by atoms with Gasteiger partial charge in [-0.1, -0.05) is 26.8 Å². The fraction of sp³-hybridized carbons (Fsp3) is 0.462. The van der Waals surface area contributed by atoms with Crippen molar-refractivity contribution in [2.45, 2.75) is 27.2 Å². The van der Waals surface area contributed by atoms with E-state index in [1.54, 1.807) is 6.07 Å². The minimum atomic E-state index is -0.498. The molecule has 0 saturated heterocycles. The summed E-state index contributed by atoms with van der Waals surface area (Å²) in [5, 5.41) is 0. The zero-order chi connectivity index (χ0) is 12.3. The molecule has 88 valence electrons. The Morgan fingerprint density at radius 2 is 2.00 bits per heavy atom. The lowest BCUT2D eigenvalue weighted by atomic mass is 9.87. The van der Waals surface area contributed by atoms with Crippen LogP contribution in [-0.4, -0.2) is 12.9 Å². The zero-order valence-corrected chi connectivity index (χ0v) is 10.1. The van der Waals surface area contributed by atoms with E-state index >= 15 is 0 Å². The molecule has 0 aliphatic heterocycles. The molecule has 16 heavy (non-hydrogen) atoms. The Labute approximate surface area is 95.4 Å². The highest BCUT2D eigenvalue weighted by Crippen LogP contribution is 2.27. The Bertz CT molecular complexity index is 391. The van der Waals surface area contributed by atoms with Crippen molar-refractivity contribution in [3.05, 3.63) is 29.6 Å². The van der Waals surface area contributed by atoms with Gasteiger partial charge in [-0.2, -0.15) is 0 Å². The molecule has 1 rings (SSSR count). The second-order valence-corrected chi connectivity index (χ2v) is 4.98. The van der Waals surface area contributed by atoms with Crippen molar-refractivity contribution in [2.24, 2.45) is 5.41 Å². The summed E-state index contributed by atoms with van der Waals surface area (Å²) < 4.78 is 18.3. The molecule has 0 saturated carbocycles. The number of methoxy groups -OCH3 is 1. The number of benzene rings is 1. The van der Waals surface area contributed by atoms with Gasteiger partial charge >= 0.3 is 0 Å². The van der Waals surface area contributed by atoms with Gasteiger partial charge in [-0.25, -0.2) is 4.39 Å². The minimum Gasteiger partial charge on any atom is -0.493 e. The molecule has 0 unspecified atom stereocenters. The molecule has 0 aromatic heterocycles. The van der Waals surface area contributed by atoms with Crippen molar-refractivity contribution in [2.75, 3.05) is 7.11 Å². The summed E-state index contributed by atoms with van der Waals surface area (Å²) in [5.41, 5.74) is 0.200. The van der Waals surface area contributed by atoms with Crippen molar-refractivity contribution in [3.63, 3.8) is 0 Å². The van der Waals surface area contributed by atoms with Crippen molar-refractivity contribution in [1.29, 1.82) is 0 Å². The number of hydrogen-bond donors (Lipinski definition) is 0. The van der Waals surface area contributed by atoms with Gasteiger partial charge in [0, 0.05) is 6.42 Å². The number of hydrogen-bond acceptors (Lipinski definition) is 2. The van der Waals surface area contributed by atoms with E-state index in [2.05, 4.69) is 0 Å². The van der Waals surface area contributed by atoms with Gasteiger partial charge in [-0.3, -0.25) is 4.79 Å². The maximum absolute atomic E-state index is 13.4. The summed E-state index contributed by atoms with van der Waals surface area (Å²) in [4.78, 5) is 11.9. The van der Waals surface area contributed by atoms with Crippen LogP contribution >= 0.6 is 0 Å². The Kier molecular flexibility index (Phi) is 3.68. The van der Waals surface area contributed by atoms with Crippen LogP contribution in [0.3, 0.4) is 0 Å². The van der Waals surface area contributed by atoms with Gasteiger partial charge in [-0.15, -0.1) is 0 Å². The van der Waals surface area contributed by atoms with Gasteiger partial charge in [-0.05, 0) is 17.5 Å². The SMILES string of the molecule is COc1c(F)cccc1C(=O)CC(C)(C)C. The van der Waals surface area contributed by atoms with Crippen molar-refractivity contribution >= 4 is 5.78 Å². The lowest BCUT2D eigenvalue weighted by molar-refractivity contribution is 0.0936. The summed E-state index contributed by atoms with van der Waals surface area (Å²) >= 11 is 0. The molecule has 0 N–H and O–H groups in total. The van der Waals surface area contributed by atoms with E-state index in [9.17, 15) is 9.18 Å². The second-order valence-electron chi connectivity index (χ2n) is 4.98. The van der Waals surface area contributed by atoms with E-state index in [1.165, 1.54) is 19.2 Å².